The molecule has 4 rings (SSSR count). The molecule has 0 aliphatic carbocycles. The first-order valence-corrected chi connectivity index (χ1v) is 8.44. The highest BCUT2D eigenvalue weighted by Crippen LogP contribution is 2.30. The average Bonchev–Trinajstić information content (AvgIpc) is 2.79. The summed E-state index contributed by atoms with van der Waals surface area (Å²) >= 11 is 0. The van der Waals surface area contributed by atoms with Crippen molar-refractivity contribution < 1.29 is 9.90 Å². The van der Waals surface area contributed by atoms with Crippen LogP contribution in [-0.2, 0) is 17.9 Å². The molecule has 1 atom stereocenters. The minimum Gasteiger partial charge on any atom is -0.481 e. The number of aliphatic carboxylic acids is 1. The van der Waals surface area contributed by atoms with E-state index in [1.807, 2.05) is 0 Å². The van der Waals surface area contributed by atoms with Crippen LogP contribution in [0.4, 0.5) is 0 Å². The van der Waals surface area contributed by atoms with E-state index < -0.39 is 5.97 Å². The molecular weight excluding hydrogens is 288 g/mol. The summed E-state index contributed by atoms with van der Waals surface area (Å²) in [5.74, 6) is -0.810. The van der Waals surface area contributed by atoms with E-state index in [1.54, 1.807) is 0 Å². The van der Waals surface area contributed by atoms with Crippen molar-refractivity contribution in [1.29, 1.82) is 0 Å². The molecule has 0 bridgehead atoms. The lowest BCUT2D eigenvalue weighted by Gasteiger charge is -2.30. The van der Waals surface area contributed by atoms with Gasteiger partial charge in [0.2, 0.25) is 0 Å². The summed E-state index contributed by atoms with van der Waals surface area (Å²) in [6.07, 6.45) is 2.52. The maximum Gasteiger partial charge on any atom is 0.306 e. The van der Waals surface area contributed by atoms with Gasteiger partial charge < -0.3 is 5.11 Å². The van der Waals surface area contributed by atoms with Gasteiger partial charge in [0, 0.05) is 26.2 Å². The number of carboxylic acid groups (broad SMARTS) is 1. The van der Waals surface area contributed by atoms with E-state index >= 15 is 0 Å². The van der Waals surface area contributed by atoms with Crippen LogP contribution in [0.15, 0.2) is 36.4 Å². The van der Waals surface area contributed by atoms with Crippen molar-refractivity contribution in [2.75, 3.05) is 13.1 Å². The minimum atomic E-state index is -0.636. The van der Waals surface area contributed by atoms with Crippen LogP contribution in [-0.4, -0.2) is 34.2 Å². The summed E-state index contributed by atoms with van der Waals surface area (Å²) in [7, 11) is 0. The van der Waals surface area contributed by atoms with E-state index in [4.69, 9.17) is 0 Å². The van der Waals surface area contributed by atoms with Crippen molar-refractivity contribution in [1.82, 2.24) is 10.0 Å². The number of benzene rings is 2. The lowest BCUT2D eigenvalue weighted by Crippen LogP contribution is -2.39. The molecule has 1 N–H and O–H groups in total. The van der Waals surface area contributed by atoms with Crippen LogP contribution in [0, 0.1) is 5.92 Å². The second-order valence-corrected chi connectivity index (χ2v) is 6.71. The van der Waals surface area contributed by atoms with E-state index in [-0.39, 0.29) is 5.92 Å². The smallest absolute Gasteiger partial charge is 0.306 e. The molecule has 0 saturated carbocycles. The maximum absolute atomic E-state index is 11.2. The standard InChI is InChI=1S/C19H22N2O2/c22-19(23)14-6-3-8-20(9-7-14)21-12-17-10-15-4-1-2-5-16(15)11-18(17)13-21/h1-2,4-5,10-11,14H,3,6-9,12-13H2,(H,22,23). The number of carboxylic acids is 1. The predicted octanol–water partition coefficient (Wildman–Crippen LogP) is 3.26. The quantitative estimate of drug-likeness (QED) is 0.924. The fourth-order valence-electron chi connectivity index (χ4n) is 3.89. The van der Waals surface area contributed by atoms with Crippen molar-refractivity contribution in [2.24, 2.45) is 5.92 Å². The minimum absolute atomic E-state index is 0.174. The van der Waals surface area contributed by atoms with Crippen LogP contribution in [0.25, 0.3) is 10.8 Å². The van der Waals surface area contributed by atoms with Crippen LogP contribution in [0.5, 0.6) is 0 Å². The first kappa shape index (κ1) is 14.7. The molecule has 1 unspecified atom stereocenters. The lowest BCUT2D eigenvalue weighted by atomic mass is 10.0. The van der Waals surface area contributed by atoms with Crippen molar-refractivity contribution in [3.8, 4) is 0 Å². The summed E-state index contributed by atoms with van der Waals surface area (Å²) in [5.41, 5.74) is 2.81. The van der Waals surface area contributed by atoms with Crippen molar-refractivity contribution in [2.45, 2.75) is 32.4 Å². The van der Waals surface area contributed by atoms with Gasteiger partial charge in [-0.15, -0.1) is 0 Å². The molecule has 2 aliphatic heterocycles. The first-order valence-electron chi connectivity index (χ1n) is 8.44. The molecule has 2 aliphatic rings. The van der Waals surface area contributed by atoms with E-state index in [9.17, 15) is 9.90 Å². The predicted molar refractivity (Wildman–Crippen MR) is 89.7 cm³/mol. The van der Waals surface area contributed by atoms with Gasteiger partial charge in [0.05, 0.1) is 5.92 Å². The summed E-state index contributed by atoms with van der Waals surface area (Å²) in [5, 5.41) is 16.6. The number of hydrogen-bond acceptors (Lipinski definition) is 3. The Kier molecular flexibility index (Phi) is 3.79. The zero-order valence-corrected chi connectivity index (χ0v) is 13.2. The lowest BCUT2D eigenvalue weighted by molar-refractivity contribution is -0.142. The number of rotatable bonds is 2. The Bertz CT molecular complexity index is 699. The van der Waals surface area contributed by atoms with Gasteiger partial charge in [-0.1, -0.05) is 24.3 Å². The number of fused-ring (bicyclic) bond motifs is 2. The Morgan fingerprint density at radius 3 is 2.22 bits per heavy atom. The molecule has 4 heteroatoms. The zero-order valence-electron chi connectivity index (χ0n) is 13.2. The SMILES string of the molecule is O=C(O)C1CCCN(N2Cc3cc4ccccc4cc3C2)CC1. The third-order valence-electron chi connectivity index (χ3n) is 5.23. The Morgan fingerprint density at radius 1 is 0.957 bits per heavy atom. The number of hydrogen-bond donors (Lipinski definition) is 1. The molecule has 4 nitrogen and oxygen atoms in total. The third kappa shape index (κ3) is 2.84. The summed E-state index contributed by atoms with van der Waals surface area (Å²) in [4.78, 5) is 11.2. The van der Waals surface area contributed by atoms with E-state index in [0.29, 0.717) is 0 Å². The number of carbonyl (C=O) groups is 1. The van der Waals surface area contributed by atoms with Gasteiger partial charge in [0.1, 0.15) is 0 Å². The molecular formula is C19H22N2O2. The Hall–Kier alpha value is -1.91. The van der Waals surface area contributed by atoms with Gasteiger partial charge in [-0.2, -0.15) is 0 Å². The normalized spacial score (nSPS) is 22.9. The third-order valence-corrected chi connectivity index (χ3v) is 5.23. The molecule has 2 heterocycles. The van der Waals surface area contributed by atoms with Gasteiger partial charge in [0.15, 0.2) is 0 Å². The zero-order chi connectivity index (χ0) is 15.8. The monoisotopic (exact) mass is 310 g/mol. The van der Waals surface area contributed by atoms with Crippen LogP contribution < -0.4 is 0 Å². The molecule has 1 fully saturated rings. The van der Waals surface area contributed by atoms with Gasteiger partial charge in [-0.05, 0) is 53.3 Å². The molecule has 120 valence electrons. The first-order chi connectivity index (χ1) is 11.2. The Morgan fingerprint density at radius 2 is 1.61 bits per heavy atom. The van der Waals surface area contributed by atoms with Gasteiger partial charge in [-0.3, -0.25) is 4.79 Å². The summed E-state index contributed by atoms with van der Waals surface area (Å²) < 4.78 is 0. The Balaban J connectivity index is 1.51. The molecule has 0 amide bonds. The largest absolute Gasteiger partial charge is 0.481 e. The van der Waals surface area contributed by atoms with E-state index in [1.165, 1.54) is 21.9 Å². The average molecular weight is 310 g/mol. The van der Waals surface area contributed by atoms with Gasteiger partial charge in [0.25, 0.3) is 0 Å². The molecule has 0 spiro atoms. The van der Waals surface area contributed by atoms with Crippen molar-refractivity contribution >= 4 is 16.7 Å². The Labute approximate surface area is 136 Å². The van der Waals surface area contributed by atoms with Crippen molar-refractivity contribution in [3.63, 3.8) is 0 Å². The molecule has 2 aromatic carbocycles. The van der Waals surface area contributed by atoms with Gasteiger partial charge >= 0.3 is 5.97 Å². The topological polar surface area (TPSA) is 43.8 Å². The molecule has 0 aromatic heterocycles. The van der Waals surface area contributed by atoms with Gasteiger partial charge in [-0.25, -0.2) is 10.0 Å². The maximum atomic E-state index is 11.2. The summed E-state index contributed by atoms with van der Waals surface area (Å²) in [6, 6.07) is 13.1. The number of hydrazine groups is 1. The molecule has 0 radical (unpaired) electrons. The second kappa shape index (κ2) is 5.95. The highest BCUT2D eigenvalue weighted by atomic mass is 16.4. The fraction of sp³-hybridized carbons (Fsp3) is 0.421. The number of nitrogens with zero attached hydrogens (tertiary/aromatic N) is 2. The fourth-order valence-corrected chi connectivity index (χ4v) is 3.89. The van der Waals surface area contributed by atoms with Crippen LogP contribution >= 0.6 is 0 Å². The summed E-state index contributed by atoms with van der Waals surface area (Å²) in [6.45, 7) is 3.71. The van der Waals surface area contributed by atoms with E-state index in [0.717, 1.165) is 45.4 Å². The molecule has 23 heavy (non-hydrogen) atoms. The highest BCUT2D eigenvalue weighted by molar-refractivity contribution is 5.84. The molecule has 1 saturated heterocycles. The van der Waals surface area contributed by atoms with Crippen molar-refractivity contribution in [3.05, 3.63) is 47.5 Å². The highest BCUT2D eigenvalue weighted by Gasteiger charge is 2.28. The van der Waals surface area contributed by atoms with Crippen LogP contribution in [0.2, 0.25) is 0 Å². The van der Waals surface area contributed by atoms with E-state index in [2.05, 4.69) is 46.4 Å². The van der Waals surface area contributed by atoms with Crippen LogP contribution in [0.3, 0.4) is 0 Å². The second-order valence-electron chi connectivity index (χ2n) is 6.71. The molecule has 2 aromatic rings. The van der Waals surface area contributed by atoms with Crippen LogP contribution in [0.1, 0.15) is 30.4 Å².